The molecule has 0 saturated heterocycles. The number of aliphatic hydroxyl groups excluding tert-OH is 1. The third-order valence-electron chi connectivity index (χ3n) is 2.03. The molecule has 0 aliphatic carbocycles. The van der Waals surface area contributed by atoms with Crippen molar-refractivity contribution in [3.63, 3.8) is 0 Å². The topological polar surface area (TPSA) is 64.3 Å². The van der Waals surface area contributed by atoms with Gasteiger partial charge in [-0.3, -0.25) is 4.57 Å². The zero-order valence-electron chi connectivity index (χ0n) is 9.01. The second-order valence-electron chi connectivity index (χ2n) is 3.22. The number of nitrogens with zero attached hydrogens (tertiary/aromatic N) is 2. The molecule has 1 aromatic heterocycles. The Morgan fingerprint density at radius 3 is 2.93 bits per heavy atom. The molecule has 0 spiro atoms. The van der Waals surface area contributed by atoms with E-state index in [2.05, 4.69) is 4.98 Å². The Morgan fingerprint density at radius 1 is 1.67 bits per heavy atom. The molecule has 5 heteroatoms. The van der Waals surface area contributed by atoms with Crippen LogP contribution in [0.25, 0.3) is 0 Å². The largest absolute Gasteiger partial charge is 0.394 e. The van der Waals surface area contributed by atoms with Crippen molar-refractivity contribution < 1.29 is 9.84 Å². The van der Waals surface area contributed by atoms with Crippen molar-refractivity contribution in [3.05, 3.63) is 28.4 Å². The predicted octanol–water partition coefficient (Wildman–Crippen LogP) is 0.469. The molecule has 0 amide bonds. The van der Waals surface area contributed by atoms with Crippen molar-refractivity contribution in [3.8, 4) is 0 Å². The lowest BCUT2D eigenvalue weighted by molar-refractivity contribution is -0.0199. The maximum Gasteiger partial charge on any atom is 0.349 e. The minimum Gasteiger partial charge on any atom is -0.394 e. The van der Waals surface area contributed by atoms with Gasteiger partial charge in [0.1, 0.15) is 6.23 Å². The molecule has 5 nitrogen and oxygen atoms in total. The Bertz CT molecular complexity index is 362. The fourth-order valence-electron chi connectivity index (χ4n) is 1.30. The summed E-state index contributed by atoms with van der Waals surface area (Å²) in [5.41, 5.74) is 0.369. The molecule has 0 bridgehead atoms. The summed E-state index contributed by atoms with van der Waals surface area (Å²) in [5.74, 6) is 0. The number of hydrogen-bond acceptors (Lipinski definition) is 4. The van der Waals surface area contributed by atoms with Crippen molar-refractivity contribution in [1.82, 2.24) is 9.55 Å². The summed E-state index contributed by atoms with van der Waals surface area (Å²) in [5, 5.41) is 8.64. The number of hydrogen-bond donors (Lipinski definition) is 1. The van der Waals surface area contributed by atoms with Crippen LogP contribution >= 0.6 is 0 Å². The third-order valence-corrected chi connectivity index (χ3v) is 2.03. The summed E-state index contributed by atoms with van der Waals surface area (Å²) >= 11 is 0. The fraction of sp³-hybridized carbons (Fsp3) is 0.600. The van der Waals surface area contributed by atoms with Crippen LogP contribution in [-0.4, -0.2) is 27.9 Å². The Morgan fingerprint density at radius 2 is 2.40 bits per heavy atom. The molecule has 84 valence electrons. The van der Waals surface area contributed by atoms with Crippen molar-refractivity contribution in [2.45, 2.75) is 26.5 Å². The summed E-state index contributed by atoms with van der Waals surface area (Å²) in [7, 11) is 0. The highest BCUT2D eigenvalue weighted by Crippen LogP contribution is 2.09. The van der Waals surface area contributed by atoms with Gasteiger partial charge in [0.05, 0.1) is 13.2 Å². The predicted molar refractivity (Wildman–Crippen MR) is 55.6 cm³/mol. The Balaban J connectivity index is 2.87. The number of rotatable bonds is 5. The van der Waals surface area contributed by atoms with E-state index in [1.165, 1.54) is 4.57 Å². The number of aliphatic hydroxyl groups is 1. The van der Waals surface area contributed by atoms with Gasteiger partial charge >= 0.3 is 5.69 Å². The molecule has 0 aliphatic rings. The first-order valence-electron chi connectivity index (χ1n) is 4.97. The van der Waals surface area contributed by atoms with E-state index in [0.29, 0.717) is 12.1 Å². The van der Waals surface area contributed by atoms with E-state index in [0.717, 1.165) is 0 Å². The molecule has 0 unspecified atom stereocenters. The van der Waals surface area contributed by atoms with Crippen molar-refractivity contribution >= 4 is 0 Å². The van der Waals surface area contributed by atoms with Gasteiger partial charge in [-0.05, 0) is 19.4 Å². The highest BCUT2D eigenvalue weighted by Gasteiger charge is 2.10. The van der Waals surface area contributed by atoms with Crippen LogP contribution in [0.5, 0.6) is 0 Å². The lowest BCUT2D eigenvalue weighted by atomic mass is 10.4. The molecule has 0 aliphatic heterocycles. The Kier molecular flexibility index (Phi) is 4.45. The van der Waals surface area contributed by atoms with Crippen molar-refractivity contribution in [1.29, 1.82) is 0 Å². The summed E-state index contributed by atoms with van der Waals surface area (Å²) in [6.45, 7) is 3.85. The van der Waals surface area contributed by atoms with Crippen LogP contribution in [0.4, 0.5) is 0 Å². The smallest absolute Gasteiger partial charge is 0.349 e. The first-order valence-corrected chi connectivity index (χ1v) is 4.97. The summed E-state index contributed by atoms with van der Waals surface area (Å²) in [6.07, 6.45) is 1.97. The second kappa shape index (κ2) is 5.63. The average Bonchev–Trinajstić information content (AvgIpc) is 2.21. The first-order chi connectivity index (χ1) is 7.19. The molecule has 0 radical (unpaired) electrons. The molecule has 0 aromatic carbocycles. The van der Waals surface area contributed by atoms with Crippen LogP contribution in [0.2, 0.25) is 0 Å². The number of ether oxygens (including phenoxy) is 1. The lowest BCUT2D eigenvalue weighted by Gasteiger charge is -2.17. The quantitative estimate of drug-likeness (QED) is 0.770. The number of aryl methyl sites for hydroxylation is 1. The van der Waals surface area contributed by atoms with Crippen LogP contribution in [0, 0.1) is 6.92 Å². The molecular weight excluding hydrogens is 196 g/mol. The van der Waals surface area contributed by atoms with Gasteiger partial charge in [-0.25, -0.2) is 4.79 Å². The molecule has 15 heavy (non-hydrogen) atoms. The van der Waals surface area contributed by atoms with E-state index in [4.69, 9.17) is 9.84 Å². The molecular formula is C10H16N2O3. The SMILES string of the molecule is CC[C@H](OCCO)n1ccc(C)nc1=O. The average molecular weight is 212 g/mol. The monoisotopic (exact) mass is 212 g/mol. The van der Waals surface area contributed by atoms with Crippen LogP contribution < -0.4 is 5.69 Å². The normalized spacial score (nSPS) is 12.7. The molecule has 1 N–H and O–H groups in total. The fourth-order valence-corrected chi connectivity index (χ4v) is 1.30. The maximum absolute atomic E-state index is 11.5. The van der Waals surface area contributed by atoms with Gasteiger partial charge in [0.15, 0.2) is 0 Å². The van der Waals surface area contributed by atoms with Crippen LogP contribution in [0.15, 0.2) is 17.1 Å². The van der Waals surface area contributed by atoms with Gasteiger partial charge in [-0.1, -0.05) is 6.92 Å². The van der Waals surface area contributed by atoms with E-state index in [9.17, 15) is 4.79 Å². The molecule has 0 fully saturated rings. The molecule has 1 atom stereocenters. The van der Waals surface area contributed by atoms with Gasteiger partial charge < -0.3 is 9.84 Å². The highest BCUT2D eigenvalue weighted by atomic mass is 16.5. The Labute approximate surface area is 88.3 Å². The summed E-state index contributed by atoms with van der Waals surface area (Å²) in [4.78, 5) is 15.3. The minimum atomic E-state index is -0.349. The van der Waals surface area contributed by atoms with E-state index >= 15 is 0 Å². The van der Waals surface area contributed by atoms with Gasteiger partial charge in [-0.15, -0.1) is 0 Å². The van der Waals surface area contributed by atoms with Gasteiger partial charge in [0.25, 0.3) is 0 Å². The highest BCUT2D eigenvalue weighted by molar-refractivity contribution is 4.96. The van der Waals surface area contributed by atoms with E-state index in [1.807, 2.05) is 6.92 Å². The summed E-state index contributed by atoms with van der Waals surface area (Å²) in [6, 6.07) is 1.76. The summed E-state index contributed by atoms with van der Waals surface area (Å²) < 4.78 is 6.75. The molecule has 1 aromatic rings. The second-order valence-corrected chi connectivity index (χ2v) is 3.22. The first kappa shape index (κ1) is 11.9. The maximum atomic E-state index is 11.5. The standard InChI is InChI=1S/C10H16N2O3/c1-3-9(15-7-6-13)12-5-4-8(2)11-10(12)14/h4-5,9,13H,3,6-7H2,1-2H3/t9-/m0/s1. The van der Waals surface area contributed by atoms with Crippen LogP contribution in [-0.2, 0) is 4.74 Å². The molecule has 1 heterocycles. The number of aromatic nitrogens is 2. The van der Waals surface area contributed by atoms with Gasteiger partial charge in [0.2, 0.25) is 0 Å². The van der Waals surface area contributed by atoms with E-state index in [-0.39, 0.29) is 25.1 Å². The van der Waals surface area contributed by atoms with E-state index < -0.39 is 0 Å². The van der Waals surface area contributed by atoms with Crippen LogP contribution in [0.3, 0.4) is 0 Å². The van der Waals surface area contributed by atoms with Gasteiger partial charge in [0, 0.05) is 11.9 Å². The Hall–Kier alpha value is -1.20. The molecule has 1 rings (SSSR count). The third kappa shape index (κ3) is 3.14. The zero-order chi connectivity index (χ0) is 11.3. The van der Waals surface area contributed by atoms with Crippen molar-refractivity contribution in [2.75, 3.05) is 13.2 Å². The zero-order valence-corrected chi connectivity index (χ0v) is 9.01. The molecule has 0 saturated carbocycles. The minimum absolute atomic E-state index is 0.0511. The van der Waals surface area contributed by atoms with E-state index in [1.54, 1.807) is 19.2 Å². The van der Waals surface area contributed by atoms with Gasteiger partial charge in [-0.2, -0.15) is 4.98 Å². The van der Waals surface area contributed by atoms with Crippen molar-refractivity contribution in [2.24, 2.45) is 0 Å². The lowest BCUT2D eigenvalue weighted by Crippen LogP contribution is -2.28. The van der Waals surface area contributed by atoms with Crippen LogP contribution in [0.1, 0.15) is 25.3 Å².